The van der Waals surface area contributed by atoms with E-state index in [1.54, 1.807) is 0 Å². The number of ether oxygens (including phenoxy) is 2. The lowest BCUT2D eigenvalue weighted by molar-refractivity contribution is 0.0203. The number of nitrogens with one attached hydrogen (secondary N) is 2. The molecule has 0 radical (unpaired) electrons. The van der Waals surface area contributed by atoms with Crippen molar-refractivity contribution in [2.24, 2.45) is 10.9 Å². The Labute approximate surface area is 188 Å². The molecule has 1 heterocycles. The fourth-order valence-electron chi connectivity index (χ4n) is 3.24. The van der Waals surface area contributed by atoms with Crippen molar-refractivity contribution in [3.63, 3.8) is 0 Å². The lowest BCUT2D eigenvalue weighted by Gasteiger charge is -2.27. The van der Waals surface area contributed by atoms with Gasteiger partial charge in [-0.05, 0) is 37.7 Å². The Morgan fingerprint density at radius 1 is 1.25 bits per heavy atom. The first-order chi connectivity index (χ1) is 13.0. The van der Waals surface area contributed by atoms with E-state index < -0.39 is 0 Å². The minimum Gasteiger partial charge on any atom is -0.381 e. The van der Waals surface area contributed by atoms with Gasteiger partial charge in [-0.1, -0.05) is 43.7 Å². The van der Waals surface area contributed by atoms with Crippen molar-refractivity contribution in [2.75, 3.05) is 46.6 Å². The highest BCUT2D eigenvalue weighted by Crippen LogP contribution is 2.23. The van der Waals surface area contributed by atoms with Crippen LogP contribution in [0.15, 0.2) is 29.3 Å². The van der Waals surface area contributed by atoms with Crippen LogP contribution in [-0.4, -0.2) is 52.5 Å². The lowest BCUT2D eigenvalue weighted by Crippen LogP contribution is -2.43. The summed E-state index contributed by atoms with van der Waals surface area (Å²) >= 11 is 0. The van der Waals surface area contributed by atoms with Gasteiger partial charge in [0, 0.05) is 52.0 Å². The number of halogens is 1. The van der Waals surface area contributed by atoms with E-state index in [-0.39, 0.29) is 29.4 Å². The molecule has 0 bridgehead atoms. The molecule has 160 valence electrons. The van der Waals surface area contributed by atoms with Gasteiger partial charge in [0.1, 0.15) is 0 Å². The van der Waals surface area contributed by atoms with Crippen molar-refractivity contribution in [3.05, 3.63) is 35.4 Å². The van der Waals surface area contributed by atoms with E-state index in [0.717, 1.165) is 64.7 Å². The smallest absolute Gasteiger partial charge is 0.191 e. The van der Waals surface area contributed by atoms with Gasteiger partial charge in [0.2, 0.25) is 0 Å². The number of rotatable bonds is 9. The molecule has 0 aliphatic carbocycles. The zero-order chi connectivity index (χ0) is 19.5. The van der Waals surface area contributed by atoms with Crippen LogP contribution >= 0.6 is 24.0 Å². The predicted octanol–water partition coefficient (Wildman–Crippen LogP) is 3.89. The maximum Gasteiger partial charge on any atom is 0.191 e. The molecule has 1 aromatic rings. The average molecular weight is 503 g/mol. The summed E-state index contributed by atoms with van der Waals surface area (Å²) in [5, 5.41) is 6.84. The Hall–Kier alpha value is -0.860. The zero-order valence-corrected chi connectivity index (χ0v) is 20.3. The molecule has 2 rings (SSSR count). The quantitative estimate of drug-likeness (QED) is 0.233. The number of benzene rings is 1. The Morgan fingerprint density at radius 3 is 2.68 bits per heavy atom. The minimum atomic E-state index is 0. The van der Waals surface area contributed by atoms with Gasteiger partial charge in [0.05, 0.1) is 0 Å². The summed E-state index contributed by atoms with van der Waals surface area (Å²) in [6, 6.07) is 8.71. The Kier molecular flexibility index (Phi) is 12.0. The molecule has 0 spiro atoms. The Balaban J connectivity index is 0.00000392. The van der Waals surface area contributed by atoms with Crippen LogP contribution in [-0.2, 0) is 14.9 Å². The van der Waals surface area contributed by atoms with Crippen LogP contribution in [0.4, 0.5) is 0 Å². The molecular weight excluding hydrogens is 465 g/mol. The number of hydrogen-bond donors (Lipinski definition) is 2. The number of aliphatic imine (C=N–C) groups is 1. The van der Waals surface area contributed by atoms with Crippen molar-refractivity contribution < 1.29 is 9.47 Å². The van der Waals surface area contributed by atoms with Gasteiger partial charge in [-0.2, -0.15) is 0 Å². The van der Waals surface area contributed by atoms with Crippen molar-refractivity contribution >= 4 is 29.9 Å². The van der Waals surface area contributed by atoms with Crippen LogP contribution in [0.5, 0.6) is 0 Å². The second kappa shape index (κ2) is 13.4. The third-order valence-electron chi connectivity index (χ3n) is 5.17. The first-order valence-electron chi connectivity index (χ1n) is 10.2. The Morgan fingerprint density at radius 2 is 2.00 bits per heavy atom. The fourth-order valence-corrected chi connectivity index (χ4v) is 3.24. The third kappa shape index (κ3) is 9.09. The second-order valence-electron chi connectivity index (χ2n) is 8.09. The highest BCUT2D eigenvalue weighted by molar-refractivity contribution is 14.0. The number of guanidine groups is 1. The van der Waals surface area contributed by atoms with Crippen molar-refractivity contribution in [1.82, 2.24) is 10.6 Å². The van der Waals surface area contributed by atoms with Crippen molar-refractivity contribution in [2.45, 2.75) is 45.4 Å². The van der Waals surface area contributed by atoms with E-state index >= 15 is 0 Å². The maximum atomic E-state index is 5.82. The molecule has 2 N–H and O–H groups in total. The maximum absolute atomic E-state index is 5.82. The largest absolute Gasteiger partial charge is 0.381 e. The average Bonchev–Trinajstić information content (AvgIpc) is 2.67. The first kappa shape index (κ1) is 25.2. The van der Waals surface area contributed by atoms with Gasteiger partial charge in [0.15, 0.2) is 5.96 Å². The summed E-state index contributed by atoms with van der Waals surface area (Å²) in [5.74, 6) is 1.52. The molecule has 1 aliphatic rings. The van der Waals surface area contributed by atoms with E-state index in [1.807, 2.05) is 7.05 Å². The Bertz CT molecular complexity index is 587. The van der Waals surface area contributed by atoms with Gasteiger partial charge in [-0.3, -0.25) is 4.99 Å². The molecule has 0 aromatic heterocycles. The summed E-state index contributed by atoms with van der Waals surface area (Å²) in [6.07, 6.45) is 3.24. The summed E-state index contributed by atoms with van der Waals surface area (Å²) in [7, 11) is 1.82. The van der Waals surface area contributed by atoms with Crippen LogP contribution in [0.1, 0.15) is 44.2 Å². The monoisotopic (exact) mass is 503 g/mol. The molecule has 0 atom stereocenters. The van der Waals surface area contributed by atoms with Gasteiger partial charge in [0.25, 0.3) is 0 Å². The molecule has 1 aliphatic heterocycles. The SMILES string of the molecule is CN=C(NCCCOCC1CCOCC1)NCC(C)(C)c1cccc(C)c1.I. The fraction of sp³-hybridized carbons (Fsp3) is 0.682. The van der Waals surface area contributed by atoms with Crippen LogP contribution < -0.4 is 10.6 Å². The number of nitrogens with zero attached hydrogens (tertiary/aromatic N) is 1. The van der Waals surface area contributed by atoms with Crippen LogP contribution in [0.25, 0.3) is 0 Å². The molecule has 1 saturated heterocycles. The van der Waals surface area contributed by atoms with E-state index in [2.05, 4.69) is 60.7 Å². The van der Waals surface area contributed by atoms with Gasteiger partial charge < -0.3 is 20.1 Å². The molecule has 0 saturated carbocycles. The van der Waals surface area contributed by atoms with Gasteiger partial charge in [-0.25, -0.2) is 0 Å². The first-order valence-corrected chi connectivity index (χ1v) is 10.2. The number of aryl methyl sites for hydroxylation is 1. The molecule has 0 unspecified atom stereocenters. The molecule has 0 amide bonds. The summed E-state index contributed by atoms with van der Waals surface area (Å²) in [4.78, 5) is 4.33. The topological polar surface area (TPSA) is 54.9 Å². The second-order valence-corrected chi connectivity index (χ2v) is 8.09. The molecule has 28 heavy (non-hydrogen) atoms. The minimum absolute atomic E-state index is 0. The van der Waals surface area contributed by atoms with Crippen LogP contribution in [0, 0.1) is 12.8 Å². The summed E-state index contributed by atoms with van der Waals surface area (Å²) < 4.78 is 11.2. The van der Waals surface area contributed by atoms with E-state index in [9.17, 15) is 0 Å². The summed E-state index contributed by atoms with van der Waals surface area (Å²) in [5.41, 5.74) is 2.67. The van der Waals surface area contributed by atoms with Gasteiger partial charge >= 0.3 is 0 Å². The normalized spacial score (nSPS) is 15.8. The summed E-state index contributed by atoms with van der Waals surface area (Å²) in [6.45, 7) is 11.8. The van der Waals surface area contributed by atoms with Crippen molar-refractivity contribution in [1.29, 1.82) is 0 Å². The highest BCUT2D eigenvalue weighted by atomic mass is 127. The van der Waals surface area contributed by atoms with Gasteiger partial charge in [-0.15, -0.1) is 24.0 Å². The zero-order valence-electron chi connectivity index (χ0n) is 17.9. The predicted molar refractivity (Wildman–Crippen MR) is 128 cm³/mol. The van der Waals surface area contributed by atoms with E-state index in [4.69, 9.17) is 9.47 Å². The van der Waals surface area contributed by atoms with Crippen LogP contribution in [0.3, 0.4) is 0 Å². The number of hydrogen-bond acceptors (Lipinski definition) is 3. The van der Waals surface area contributed by atoms with Crippen molar-refractivity contribution in [3.8, 4) is 0 Å². The standard InChI is InChI=1S/C22H37N3O2.HI/c1-18-7-5-8-20(15-18)22(2,3)17-25-21(23-4)24-11-6-12-27-16-19-9-13-26-14-10-19;/h5,7-8,15,19H,6,9-14,16-17H2,1-4H3,(H2,23,24,25);1H. The van der Waals surface area contributed by atoms with E-state index in [1.165, 1.54) is 11.1 Å². The molecule has 6 heteroatoms. The molecule has 1 aromatic carbocycles. The van der Waals surface area contributed by atoms with Crippen LogP contribution in [0.2, 0.25) is 0 Å². The van der Waals surface area contributed by atoms with E-state index in [0.29, 0.717) is 5.92 Å². The molecule has 5 nitrogen and oxygen atoms in total. The highest BCUT2D eigenvalue weighted by Gasteiger charge is 2.21. The molecular formula is C22H38IN3O2. The third-order valence-corrected chi connectivity index (χ3v) is 5.17. The molecule has 1 fully saturated rings. The lowest BCUT2D eigenvalue weighted by atomic mass is 9.84.